The van der Waals surface area contributed by atoms with Gasteiger partial charge in [-0.25, -0.2) is 4.39 Å². The number of rotatable bonds is 5. The summed E-state index contributed by atoms with van der Waals surface area (Å²) in [6.07, 6.45) is 3.44. The summed E-state index contributed by atoms with van der Waals surface area (Å²) in [6, 6.07) is 8.44. The molecule has 4 nitrogen and oxygen atoms in total. The van der Waals surface area contributed by atoms with Crippen LogP contribution in [0.5, 0.6) is 0 Å². The van der Waals surface area contributed by atoms with E-state index in [2.05, 4.69) is 4.98 Å². The van der Waals surface area contributed by atoms with E-state index >= 15 is 0 Å². The number of hydrogen-bond acceptors (Lipinski definition) is 3. The van der Waals surface area contributed by atoms with Crippen molar-refractivity contribution >= 4 is 11.5 Å². The molecule has 0 spiro atoms. The van der Waals surface area contributed by atoms with E-state index in [0.717, 1.165) is 5.56 Å². The highest BCUT2D eigenvalue weighted by Gasteiger charge is 2.12. The van der Waals surface area contributed by atoms with E-state index in [1.807, 2.05) is 24.0 Å². The van der Waals surface area contributed by atoms with Crippen molar-refractivity contribution < 1.29 is 4.39 Å². The molecule has 3 N–H and O–H groups in total. The molecule has 0 saturated heterocycles. The molecule has 0 aliphatic rings. The number of nitrogens with zero attached hydrogens (tertiary/aromatic N) is 2. The molecule has 1 aromatic heterocycles. The molecule has 0 radical (unpaired) electrons. The van der Waals surface area contributed by atoms with Crippen molar-refractivity contribution in [1.29, 1.82) is 5.41 Å². The summed E-state index contributed by atoms with van der Waals surface area (Å²) >= 11 is 0. The lowest BCUT2D eigenvalue weighted by molar-refractivity contribution is 0.617. The first kappa shape index (κ1) is 14.0. The first-order valence-corrected chi connectivity index (χ1v) is 6.39. The minimum absolute atomic E-state index is 0.132. The van der Waals surface area contributed by atoms with Crippen LogP contribution in [0.1, 0.15) is 18.1 Å². The Morgan fingerprint density at radius 3 is 2.55 bits per heavy atom. The summed E-state index contributed by atoms with van der Waals surface area (Å²) in [6.45, 7) is 3.26. The van der Waals surface area contributed by atoms with Crippen LogP contribution in [0.3, 0.4) is 0 Å². The minimum Gasteiger partial charge on any atom is -0.384 e. The maximum Gasteiger partial charge on any atom is 0.147 e. The molecule has 0 atom stereocenters. The van der Waals surface area contributed by atoms with Crippen molar-refractivity contribution in [3.8, 4) is 0 Å². The number of nitrogen functional groups attached to an aromatic ring is 1. The highest BCUT2D eigenvalue weighted by atomic mass is 19.1. The molecular formula is C15H17FN4. The summed E-state index contributed by atoms with van der Waals surface area (Å²) in [5, 5.41) is 7.32. The topological polar surface area (TPSA) is 66.0 Å². The molecule has 0 aliphatic heterocycles. The van der Waals surface area contributed by atoms with E-state index in [1.165, 1.54) is 6.07 Å². The van der Waals surface area contributed by atoms with Gasteiger partial charge in [-0.2, -0.15) is 0 Å². The zero-order chi connectivity index (χ0) is 14.5. The number of nitrogens with two attached hydrogens (primary N) is 1. The zero-order valence-electron chi connectivity index (χ0n) is 11.3. The summed E-state index contributed by atoms with van der Waals surface area (Å²) in [5.74, 6) is -0.499. The predicted molar refractivity (Wildman–Crippen MR) is 78.4 cm³/mol. The van der Waals surface area contributed by atoms with Gasteiger partial charge in [0.05, 0.1) is 5.69 Å². The summed E-state index contributed by atoms with van der Waals surface area (Å²) < 4.78 is 14.1. The molecule has 20 heavy (non-hydrogen) atoms. The van der Waals surface area contributed by atoms with Gasteiger partial charge in [-0.15, -0.1) is 0 Å². The standard InChI is InChI=1S/C15H17FN4/c1-2-20(10-11-5-7-19-8-6-11)14-4-3-12(15(17)18)9-13(14)16/h3-9H,2,10H2,1H3,(H3,17,18). The third-order valence-corrected chi connectivity index (χ3v) is 3.10. The molecule has 1 aromatic carbocycles. The monoisotopic (exact) mass is 272 g/mol. The molecule has 0 amide bonds. The van der Waals surface area contributed by atoms with Crippen LogP contribution in [0.4, 0.5) is 10.1 Å². The number of amidine groups is 1. The fourth-order valence-corrected chi connectivity index (χ4v) is 2.01. The molecule has 2 aromatic rings. The smallest absolute Gasteiger partial charge is 0.147 e. The molecule has 2 rings (SSSR count). The van der Waals surface area contributed by atoms with Crippen LogP contribution in [-0.4, -0.2) is 17.4 Å². The van der Waals surface area contributed by atoms with Crippen molar-refractivity contribution in [3.63, 3.8) is 0 Å². The third kappa shape index (κ3) is 3.12. The number of anilines is 1. The molecule has 0 bridgehead atoms. The Kier molecular flexibility index (Phi) is 4.30. The molecule has 0 saturated carbocycles. The quantitative estimate of drug-likeness (QED) is 0.649. The highest BCUT2D eigenvalue weighted by molar-refractivity contribution is 5.95. The van der Waals surface area contributed by atoms with Crippen molar-refractivity contribution in [1.82, 2.24) is 4.98 Å². The second kappa shape index (κ2) is 6.14. The second-order valence-corrected chi connectivity index (χ2v) is 4.45. The first-order chi connectivity index (χ1) is 9.61. The number of hydrogen-bond donors (Lipinski definition) is 2. The fourth-order valence-electron chi connectivity index (χ4n) is 2.01. The van der Waals surface area contributed by atoms with Crippen molar-refractivity contribution in [2.45, 2.75) is 13.5 Å². The van der Waals surface area contributed by atoms with E-state index in [9.17, 15) is 4.39 Å². The van der Waals surface area contributed by atoms with E-state index < -0.39 is 0 Å². The van der Waals surface area contributed by atoms with Gasteiger partial charge in [0, 0.05) is 31.0 Å². The molecule has 0 fully saturated rings. The van der Waals surface area contributed by atoms with Crippen LogP contribution < -0.4 is 10.6 Å². The third-order valence-electron chi connectivity index (χ3n) is 3.10. The average Bonchev–Trinajstić information content (AvgIpc) is 2.46. The predicted octanol–water partition coefficient (Wildman–Crippen LogP) is 2.53. The lowest BCUT2D eigenvalue weighted by Gasteiger charge is -2.24. The van der Waals surface area contributed by atoms with E-state index in [0.29, 0.717) is 24.3 Å². The summed E-state index contributed by atoms with van der Waals surface area (Å²) in [5.41, 5.74) is 7.33. The molecule has 5 heteroatoms. The number of pyridine rings is 1. The molecule has 0 aliphatic carbocycles. The number of benzene rings is 1. The normalized spacial score (nSPS) is 10.3. The average molecular weight is 272 g/mol. The highest BCUT2D eigenvalue weighted by Crippen LogP contribution is 2.22. The lowest BCUT2D eigenvalue weighted by atomic mass is 10.1. The van der Waals surface area contributed by atoms with Crippen molar-refractivity contribution in [2.75, 3.05) is 11.4 Å². The molecule has 104 valence electrons. The Hall–Kier alpha value is -2.43. The van der Waals surface area contributed by atoms with E-state index in [-0.39, 0.29) is 11.7 Å². The Labute approximate surface area is 117 Å². The number of halogens is 1. The van der Waals surface area contributed by atoms with Crippen LogP contribution >= 0.6 is 0 Å². The Bertz CT molecular complexity index is 598. The second-order valence-electron chi connectivity index (χ2n) is 4.45. The SMILES string of the molecule is CCN(Cc1ccncc1)c1ccc(C(=N)N)cc1F. The van der Waals surface area contributed by atoms with Gasteiger partial charge in [-0.05, 0) is 42.8 Å². The molecule has 0 unspecified atom stereocenters. The maximum atomic E-state index is 14.1. The van der Waals surface area contributed by atoms with Crippen LogP contribution in [0, 0.1) is 11.2 Å². The zero-order valence-corrected chi connectivity index (χ0v) is 11.3. The Balaban J connectivity index is 2.26. The van der Waals surface area contributed by atoms with Crippen LogP contribution in [0.2, 0.25) is 0 Å². The van der Waals surface area contributed by atoms with Crippen LogP contribution in [-0.2, 0) is 6.54 Å². The minimum atomic E-state index is -0.367. The fraction of sp³-hybridized carbons (Fsp3) is 0.200. The van der Waals surface area contributed by atoms with Gasteiger partial charge in [0.15, 0.2) is 0 Å². The van der Waals surface area contributed by atoms with Crippen molar-refractivity contribution in [2.24, 2.45) is 5.73 Å². The lowest BCUT2D eigenvalue weighted by Crippen LogP contribution is -2.23. The van der Waals surface area contributed by atoms with Crippen LogP contribution in [0.15, 0.2) is 42.7 Å². The molecular weight excluding hydrogens is 255 g/mol. The van der Waals surface area contributed by atoms with Gasteiger partial charge in [-0.3, -0.25) is 10.4 Å². The summed E-state index contributed by atoms with van der Waals surface area (Å²) in [4.78, 5) is 5.89. The van der Waals surface area contributed by atoms with Gasteiger partial charge in [0.25, 0.3) is 0 Å². The van der Waals surface area contributed by atoms with Gasteiger partial charge >= 0.3 is 0 Å². The van der Waals surface area contributed by atoms with Crippen molar-refractivity contribution in [3.05, 3.63) is 59.7 Å². The largest absolute Gasteiger partial charge is 0.384 e. The van der Waals surface area contributed by atoms with Gasteiger partial charge in [-0.1, -0.05) is 0 Å². The van der Waals surface area contributed by atoms with E-state index in [4.69, 9.17) is 11.1 Å². The van der Waals surface area contributed by atoms with Gasteiger partial charge < -0.3 is 10.6 Å². The number of nitrogens with one attached hydrogen (secondary N) is 1. The van der Waals surface area contributed by atoms with E-state index in [1.54, 1.807) is 24.5 Å². The summed E-state index contributed by atoms with van der Waals surface area (Å²) in [7, 11) is 0. The Morgan fingerprint density at radius 2 is 2.00 bits per heavy atom. The Morgan fingerprint density at radius 1 is 1.30 bits per heavy atom. The van der Waals surface area contributed by atoms with Gasteiger partial charge in [0.1, 0.15) is 11.7 Å². The molecule has 1 heterocycles. The number of aromatic nitrogens is 1. The van der Waals surface area contributed by atoms with Gasteiger partial charge in [0.2, 0.25) is 0 Å². The van der Waals surface area contributed by atoms with Crippen LogP contribution in [0.25, 0.3) is 0 Å². The first-order valence-electron chi connectivity index (χ1n) is 6.39. The maximum absolute atomic E-state index is 14.1.